The van der Waals surface area contributed by atoms with E-state index < -0.39 is 0 Å². The Balaban J connectivity index is 2.26. The van der Waals surface area contributed by atoms with E-state index in [0.717, 1.165) is 6.54 Å². The van der Waals surface area contributed by atoms with Crippen LogP contribution in [0.4, 0.5) is 0 Å². The van der Waals surface area contributed by atoms with Crippen LogP contribution in [0.2, 0.25) is 0 Å². The van der Waals surface area contributed by atoms with E-state index in [1.165, 1.54) is 27.7 Å². The zero-order valence-corrected chi connectivity index (χ0v) is 11.1. The van der Waals surface area contributed by atoms with Gasteiger partial charge in [0, 0.05) is 23.1 Å². The predicted octanol–water partition coefficient (Wildman–Crippen LogP) is 4.88. The molecule has 1 heteroatoms. The summed E-state index contributed by atoms with van der Waals surface area (Å²) in [6.07, 6.45) is 0. The smallest absolute Gasteiger partial charge is 0.0494 e. The van der Waals surface area contributed by atoms with Crippen LogP contribution >= 0.6 is 0 Å². The number of hydrogen-bond acceptors (Lipinski definition) is 0. The molecular weight excluding hydrogens is 230 g/mol. The lowest BCUT2D eigenvalue weighted by Gasteiger charge is -2.10. The van der Waals surface area contributed by atoms with E-state index in [-0.39, 0.29) is 0 Å². The van der Waals surface area contributed by atoms with Crippen LogP contribution in [0.1, 0.15) is 6.92 Å². The van der Waals surface area contributed by atoms with Gasteiger partial charge in [0.25, 0.3) is 0 Å². The molecular formula is C18H17N. The monoisotopic (exact) mass is 247 g/mol. The van der Waals surface area contributed by atoms with Gasteiger partial charge in [0.1, 0.15) is 0 Å². The van der Waals surface area contributed by atoms with Gasteiger partial charge < -0.3 is 4.57 Å². The molecule has 0 fully saturated rings. The molecule has 0 saturated heterocycles. The van der Waals surface area contributed by atoms with Crippen molar-refractivity contribution in [3.63, 3.8) is 0 Å². The van der Waals surface area contributed by atoms with Gasteiger partial charge in [0.2, 0.25) is 0 Å². The second kappa shape index (κ2) is 4.77. The molecule has 1 aromatic heterocycles. The normalized spacial score (nSPS) is 10.8. The number of para-hydroxylation sites is 1. The summed E-state index contributed by atoms with van der Waals surface area (Å²) in [4.78, 5) is 0. The summed E-state index contributed by atoms with van der Waals surface area (Å²) < 4.78 is 2.34. The van der Waals surface area contributed by atoms with Gasteiger partial charge >= 0.3 is 0 Å². The second-order valence-corrected chi connectivity index (χ2v) is 5.00. The first-order valence-electron chi connectivity index (χ1n) is 6.54. The lowest BCUT2D eigenvalue weighted by atomic mass is 10.1. The Morgan fingerprint density at radius 2 is 1.68 bits per heavy atom. The minimum atomic E-state index is 0.859. The maximum absolute atomic E-state index is 4.05. The van der Waals surface area contributed by atoms with Gasteiger partial charge in [-0.2, -0.15) is 0 Å². The molecule has 1 heterocycles. The number of allylic oxidation sites excluding steroid dienone is 1. The molecule has 1 nitrogen and oxygen atoms in total. The highest BCUT2D eigenvalue weighted by Crippen LogP contribution is 2.28. The standard InChI is InChI=1S/C18H17N/c1-14(2)13-19-17-11-7-6-10-16(17)12-18(19)15-8-4-3-5-9-15/h3-12H,1,13H2,2H3. The number of fused-ring (bicyclic) bond motifs is 1. The van der Waals surface area contributed by atoms with Crippen LogP contribution in [-0.4, -0.2) is 4.57 Å². The van der Waals surface area contributed by atoms with Gasteiger partial charge in [-0.25, -0.2) is 0 Å². The molecule has 0 aliphatic heterocycles. The van der Waals surface area contributed by atoms with Crippen LogP contribution in [-0.2, 0) is 6.54 Å². The van der Waals surface area contributed by atoms with Crippen LogP contribution in [0.25, 0.3) is 22.2 Å². The highest BCUT2D eigenvalue weighted by molar-refractivity contribution is 5.87. The van der Waals surface area contributed by atoms with Crippen LogP contribution < -0.4 is 0 Å². The quantitative estimate of drug-likeness (QED) is 0.581. The maximum atomic E-state index is 4.05. The molecule has 3 rings (SSSR count). The van der Waals surface area contributed by atoms with Gasteiger partial charge in [0.15, 0.2) is 0 Å². The number of hydrogen-bond donors (Lipinski definition) is 0. The fraction of sp³-hybridized carbons (Fsp3) is 0.111. The van der Waals surface area contributed by atoms with Crippen molar-refractivity contribution in [1.82, 2.24) is 4.57 Å². The van der Waals surface area contributed by atoms with Crippen molar-refractivity contribution < 1.29 is 0 Å². The number of rotatable bonds is 3. The molecule has 2 aromatic carbocycles. The Morgan fingerprint density at radius 1 is 1.00 bits per heavy atom. The Hall–Kier alpha value is -2.28. The molecule has 0 aliphatic rings. The van der Waals surface area contributed by atoms with Crippen LogP contribution in [0.5, 0.6) is 0 Å². The van der Waals surface area contributed by atoms with Crippen molar-refractivity contribution in [2.45, 2.75) is 13.5 Å². The van der Waals surface area contributed by atoms with E-state index in [9.17, 15) is 0 Å². The summed E-state index contributed by atoms with van der Waals surface area (Å²) in [5.41, 5.74) is 4.94. The first kappa shape index (κ1) is 11.8. The molecule has 0 atom stereocenters. The Labute approximate surface area is 113 Å². The van der Waals surface area contributed by atoms with Crippen molar-refractivity contribution in [2.75, 3.05) is 0 Å². The summed E-state index contributed by atoms with van der Waals surface area (Å²) in [7, 11) is 0. The van der Waals surface area contributed by atoms with Crippen molar-refractivity contribution in [2.24, 2.45) is 0 Å². The van der Waals surface area contributed by atoms with Crippen molar-refractivity contribution in [1.29, 1.82) is 0 Å². The Bertz CT molecular complexity index is 720. The summed E-state index contributed by atoms with van der Waals surface area (Å²) in [6, 6.07) is 21.3. The summed E-state index contributed by atoms with van der Waals surface area (Å²) in [5.74, 6) is 0. The second-order valence-electron chi connectivity index (χ2n) is 5.00. The van der Waals surface area contributed by atoms with Crippen LogP contribution in [0.3, 0.4) is 0 Å². The molecule has 0 aliphatic carbocycles. The van der Waals surface area contributed by atoms with Gasteiger partial charge in [-0.3, -0.25) is 0 Å². The van der Waals surface area contributed by atoms with Gasteiger partial charge in [0.05, 0.1) is 0 Å². The van der Waals surface area contributed by atoms with Gasteiger partial charge in [-0.15, -0.1) is 0 Å². The highest BCUT2D eigenvalue weighted by Gasteiger charge is 2.09. The van der Waals surface area contributed by atoms with E-state index in [2.05, 4.69) is 78.7 Å². The highest BCUT2D eigenvalue weighted by atomic mass is 15.0. The topological polar surface area (TPSA) is 4.93 Å². The molecule has 0 amide bonds. The number of benzene rings is 2. The third-order valence-corrected chi connectivity index (χ3v) is 3.31. The number of nitrogens with zero attached hydrogens (tertiary/aromatic N) is 1. The molecule has 0 unspecified atom stereocenters. The average Bonchev–Trinajstić information content (AvgIpc) is 2.78. The Morgan fingerprint density at radius 3 is 2.42 bits per heavy atom. The average molecular weight is 247 g/mol. The molecule has 0 bridgehead atoms. The van der Waals surface area contributed by atoms with E-state index >= 15 is 0 Å². The summed E-state index contributed by atoms with van der Waals surface area (Å²) in [6.45, 7) is 6.98. The SMILES string of the molecule is C=C(C)Cn1c(-c2ccccc2)cc2ccccc21. The van der Waals surface area contributed by atoms with Crippen molar-refractivity contribution in [3.8, 4) is 11.3 Å². The van der Waals surface area contributed by atoms with Crippen LogP contribution in [0.15, 0.2) is 72.8 Å². The maximum Gasteiger partial charge on any atom is 0.0494 e. The van der Waals surface area contributed by atoms with E-state index in [0.29, 0.717) is 0 Å². The number of aromatic nitrogens is 1. The van der Waals surface area contributed by atoms with Gasteiger partial charge in [-0.05, 0) is 24.6 Å². The zero-order chi connectivity index (χ0) is 13.2. The largest absolute Gasteiger partial charge is 0.336 e. The third kappa shape index (κ3) is 2.19. The minimum Gasteiger partial charge on any atom is -0.336 e. The Kier molecular flexibility index (Phi) is 2.96. The first-order chi connectivity index (χ1) is 9.25. The minimum absolute atomic E-state index is 0.859. The van der Waals surface area contributed by atoms with Crippen molar-refractivity contribution >= 4 is 10.9 Å². The van der Waals surface area contributed by atoms with Crippen molar-refractivity contribution in [3.05, 3.63) is 72.8 Å². The molecule has 0 radical (unpaired) electrons. The van der Waals surface area contributed by atoms with Gasteiger partial charge in [-0.1, -0.05) is 60.7 Å². The molecule has 0 N–H and O–H groups in total. The summed E-state index contributed by atoms with van der Waals surface area (Å²) >= 11 is 0. The first-order valence-corrected chi connectivity index (χ1v) is 6.54. The summed E-state index contributed by atoms with van der Waals surface area (Å²) in [5, 5.41) is 1.28. The zero-order valence-electron chi connectivity index (χ0n) is 11.1. The van der Waals surface area contributed by atoms with Crippen LogP contribution in [0, 0.1) is 0 Å². The molecule has 0 saturated carbocycles. The lowest BCUT2D eigenvalue weighted by molar-refractivity contribution is 0.830. The molecule has 0 spiro atoms. The fourth-order valence-electron chi connectivity index (χ4n) is 2.50. The van der Waals surface area contributed by atoms with E-state index in [4.69, 9.17) is 0 Å². The predicted molar refractivity (Wildman–Crippen MR) is 82.2 cm³/mol. The molecule has 3 aromatic rings. The van der Waals surface area contributed by atoms with E-state index in [1.807, 2.05) is 0 Å². The van der Waals surface area contributed by atoms with E-state index in [1.54, 1.807) is 0 Å². The molecule has 94 valence electrons. The fourth-order valence-corrected chi connectivity index (χ4v) is 2.50. The molecule has 19 heavy (non-hydrogen) atoms. The lowest BCUT2D eigenvalue weighted by Crippen LogP contribution is -2.00. The third-order valence-electron chi connectivity index (χ3n) is 3.31.